The number of hydrogen-bond acceptors (Lipinski definition) is 6. The minimum Gasteiger partial charge on any atom is -0.372 e. The molecule has 6 nitrogen and oxygen atoms in total. The second-order valence-electron chi connectivity index (χ2n) is 5.58. The topological polar surface area (TPSA) is 68.2 Å². The van der Waals surface area contributed by atoms with Crippen molar-refractivity contribution in [1.82, 2.24) is 19.9 Å². The van der Waals surface area contributed by atoms with E-state index in [1.807, 2.05) is 29.4 Å². The monoisotopic (exact) mass is 344 g/mol. The zero-order chi connectivity index (χ0) is 16.8. The summed E-state index contributed by atoms with van der Waals surface area (Å²) in [5.74, 6) is -0.00849. The van der Waals surface area contributed by atoms with Gasteiger partial charge in [-0.2, -0.15) is 0 Å². The lowest BCUT2D eigenvalue weighted by atomic mass is 10.1. The molecule has 0 atom stereocenters. The van der Waals surface area contributed by atoms with E-state index in [2.05, 4.69) is 15.0 Å². The van der Waals surface area contributed by atoms with E-state index in [1.165, 1.54) is 11.8 Å². The summed E-state index contributed by atoms with van der Waals surface area (Å²) in [6.45, 7) is 1.90. The zero-order valence-electron chi connectivity index (χ0n) is 13.6. The van der Waals surface area contributed by atoms with E-state index >= 15 is 0 Å². The Balaban J connectivity index is 1.48. The average molecular weight is 344 g/mol. The van der Waals surface area contributed by atoms with Crippen LogP contribution in [0.3, 0.4) is 0 Å². The number of carbonyl (C=O) groups excluding carboxylic acids is 1. The first-order valence-electron chi connectivity index (χ1n) is 7.93. The van der Waals surface area contributed by atoms with Crippen LogP contribution in [0.4, 0.5) is 0 Å². The number of ether oxygens (including phenoxy) is 1. The lowest BCUT2D eigenvalue weighted by Crippen LogP contribution is -2.41. The predicted molar refractivity (Wildman–Crippen MR) is 91.8 cm³/mol. The third-order valence-electron chi connectivity index (χ3n) is 3.98. The summed E-state index contributed by atoms with van der Waals surface area (Å²) in [6.07, 6.45) is 8.73. The second kappa shape index (κ2) is 8.21. The molecule has 7 heteroatoms. The Labute approximate surface area is 145 Å². The number of carbonyl (C=O) groups is 1. The minimum absolute atomic E-state index is 0.00849. The quantitative estimate of drug-likeness (QED) is 0.613. The number of thioether (sulfide) groups is 1. The molecule has 0 radical (unpaired) electrons. The maximum atomic E-state index is 12.5. The molecule has 0 bridgehead atoms. The van der Waals surface area contributed by atoms with Crippen LogP contribution < -0.4 is 0 Å². The van der Waals surface area contributed by atoms with E-state index in [9.17, 15) is 4.79 Å². The van der Waals surface area contributed by atoms with E-state index in [0.717, 1.165) is 18.5 Å². The van der Waals surface area contributed by atoms with E-state index in [0.29, 0.717) is 30.4 Å². The molecule has 3 heterocycles. The smallest absolute Gasteiger partial charge is 0.256 e. The van der Waals surface area contributed by atoms with Crippen molar-refractivity contribution in [2.24, 2.45) is 0 Å². The molecule has 2 aromatic rings. The van der Waals surface area contributed by atoms with E-state index in [4.69, 9.17) is 4.74 Å². The Hall–Kier alpha value is -1.99. The van der Waals surface area contributed by atoms with Crippen LogP contribution in [0.5, 0.6) is 0 Å². The number of nitrogens with zero attached hydrogens (tertiary/aromatic N) is 4. The predicted octanol–water partition coefficient (Wildman–Crippen LogP) is 2.41. The second-order valence-corrected chi connectivity index (χ2v) is 6.36. The third-order valence-corrected chi connectivity index (χ3v) is 4.56. The molecule has 0 N–H and O–H groups in total. The van der Waals surface area contributed by atoms with Crippen LogP contribution in [0, 0.1) is 0 Å². The molecule has 1 aliphatic heterocycles. The fourth-order valence-corrected chi connectivity index (χ4v) is 2.94. The van der Waals surface area contributed by atoms with Gasteiger partial charge < -0.3 is 9.64 Å². The van der Waals surface area contributed by atoms with E-state index < -0.39 is 0 Å². The molecule has 0 spiro atoms. The standard InChI is InChI=1S/C17H20N4O2S/c1-24-17-19-10-13(11-20-17)16(22)21-8-5-15(6-9-21)23-12-14-4-2-3-7-18-14/h2-4,7,10-11,15H,5-6,8-9,12H2,1H3. The van der Waals surface area contributed by atoms with Crippen molar-refractivity contribution in [3.63, 3.8) is 0 Å². The van der Waals surface area contributed by atoms with Crippen LogP contribution in [0.15, 0.2) is 41.9 Å². The summed E-state index contributed by atoms with van der Waals surface area (Å²) in [6, 6.07) is 5.80. The fraction of sp³-hybridized carbons (Fsp3) is 0.412. The molecule has 1 aliphatic rings. The molecule has 1 saturated heterocycles. The molecule has 1 fully saturated rings. The Morgan fingerprint density at radius 3 is 2.62 bits per heavy atom. The highest BCUT2D eigenvalue weighted by molar-refractivity contribution is 7.98. The maximum absolute atomic E-state index is 12.5. The Kier molecular flexibility index (Phi) is 5.77. The number of piperidine rings is 1. The summed E-state index contributed by atoms with van der Waals surface area (Å²) in [5.41, 5.74) is 1.47. The van der Waals surface area contributed by atoms with Crippen LogP contribution in [-0.2, 0) is 11.3 Å². The van der Waals surface area contributed by atoms with Crippen LogP contribution in [0.1, 0.15) is 28.9 Å². The summed E-state index contributed by atoms with van der Waals surface area (Å²) in [5, 5.41) is 0.674. The molecule has 1 amide bonds. The highest BCUT2D eigenvalue weighted by Crippen LogP contribution is 2.17. The number of pyridine rings is 1. The van der Waals surface area contributed by atoms with Crippen molar-refractivity contribution < 1.29 is 9.53 Å². The molecule has 0 aromatic carbocycles. The van der Waals surface area contributed by atoms with Crippen molar-refractivity contribution in [2.75, 3.05) is 19.3 Å². The highest BCUT2D eigenvalue weighted by Gasteiger charge is 2.24. The molecule has 2 aromatic heterocycles. The summed E-state index contributed by atoms with van der Waals surface area (Å²) >= 11 is 1.46. The van der Waals surface area contributed by atoms with Crippen molar-refractivity contribution in [3.8, 4) is 0 Å². The van der Waals surface area contributed by atoms with Gasteiger partial charge in [-0.1, -0.05) is 17.8 Å². The van der Waals surface area contributed by atoms with Crippen molar-refractivity contribution in [3.05, 3.63) is 48.0 Å². The fourth-order valence-electron chi connectivity index (χ4n) is 2.63. The SMILES string of the molecule is CSc1ncc(C(=O)N2CCC(OCc3ccccn3)CC2)cn1. The molecule has 3 rings (SSSR count). The molecule has 0 unspecified atom stereocenters. The Bertz CT molecular complexity index is 658. The molecule has 0 saturated carbocycles. The number of amides is 1. The summed E-state index contributed by atoms with van der Waals surface area (Å²) in [4.78, 5) is 26.9. The Morgan fingerprint density at radius 1 is 1.25 bits per heavy atom. The van der Waals surface area contributed by atoms with E-state index in [1.54, 1.807) is 18.6 Å². The average Bonchev–Trinajstić information content (AvgIpc) is 2.67. The van der Waals surface area contributed by atoms with Gasteiger partial charge in [-0.05, 0) is 31.2 Å². The molecule has 24 heavy (non-hydrogen) atoms. The molecular weight excluding hydrogens is 324 g/mol. The molecular formula is C17H20N4O2S. The van der Waals surface area contributed by atoms with Gasteiger partial charge in [0.2, 0.25) is 0 Å². The maximum Gasteiger partial charge on any atom is 0.256 e. The van der Waals surface area contributed by atoms with Crippen LogP contribution in [-0.4, -0.2) is 51.2 Å². The Morgan fingerprint density at radius 2 is 2.00 bits per heavy atom. The van der Waals surface area contributed by atoms with Gasteiger partial charge in [0.25, 0.3) is 5.91 Å². The zero-order valence-corrected chi connectivity index (χ0v) is 14.4. The van der Waals surface area contributed by atoms with E-state index in [-0.39, 0.29) is 12.0 Å². The summed E-state index contributed by atoms with van der Waals surface area (Å²) < 4.78 is 5.91. The van der Waals surface area contributed by atoms with Crippen molar-refractivity contribution >= 4 is 17.7 Å². The highest BCUT2D eigenvalue weighted by atomic mass is 32.2. The normalized spacial score (nSPS) is 15.5. The third kappa shape index (κ3) is 4.30. The minimum atomic E-state index is -0.00849. The van der Waals surface area contributed by atoms with Gasteiger partial charge in [0, 0.05) is 31.7 Å². The first-order chi connectivity index (χ1) is 11.8. The van der Waals surface area contributed by atoms with Gasteiger partial charge in [-0.3, -0.25) is 9.78 Å². The van der Waals surface area contributed by atoms with Crippen molar-refractivity contribution in [1.29, 1.82) is 0 Å². The van der Waals surface area contributed by atoms with Gasteiger partial charge in [0.15, 0.2) is 5.16 Å². The van der Waals surface area contributed by atoms with Gasteiger partial charge >= 0.3 is 0 Å². The largest absolute Gasteiger partial charge is 0.372 e. The number of aromatic nitrogens is 3. The number of likely N-dealkylation sites (tertiary alicyclic amines) is 1. The first kappa shape index (κ1) is 16.9. The van der Waals surface area contributed by atoms with Crippen LogP contribution >= 0.6 is 11.8 Å². The van der Waals surface area contributed by atoms with Crippen LogP contribution in [0.25, 0.3) is 0 Å². The van der Waals surface area contributed by atoms with Gasteiger partial charge in [0.05, 0.1) is 24.0 Å². The molecule has 126 valence electrons. The number of rotatable bonds is 5. The lowest BCUT2D eigenvalue weighted by Gasteiger charge is -2.31. The van der Waals surface area contributed by atoms with Crippen LogP contribution in [0.2, 0.25) is 0 Å². The van der Waals surface area contributed by atoms with Crippen molar-refractivity contribution in [2.45, 2.75) is 30.7 Å². The summed E-state index contributed by atoms with van der Waals surface area (Å²) in [7, 11) is 0. The number of hydrogen-bond donors (Lipinski definition) is 0. The van der Waals surface area contributed by atoms with Gasteiger partial charge in [0.1, 0.15) is 0 Å². The van der Waals surface area contributed by atoms with Gasteiger partial charge in [-0.25, -0.2) is 9.97 Å². The molecule has 0 aliphatic carbocycles. The lowest BCUT2D eigenvalue weighted by molar-refractivity contribution is -0.00162. The first-order valence-corrected chi connectivity index (χ1v) is 9.15. The van der Waals surface area contributed by atoms with Gasteiger partial charge in [-0.15, -0.1) is 0 Å².